The Hall–Kier alpha value is -1.17. The van der Waals surface area contributed by atoms with Crippen molar-refractivity contribution in [2.45, 2.75) is 26.4 Å². The van der Waals surface area contributed by atoms with Gasteiger partial charge in [0.1, 0.15) is 0 Å². The molecule has 1 N–H and O–H groups in total. The summed E-state index contributed by atoms with van der Waals surface area (Å²) in [5.41, 5.74) is 4.69. The third-order valence-electron chi connectivity index (χ3n) is 3.20. The molecular formula is C16H19OP. The van der Waals surface area contributed by atoms with E-state index < -0.39 is 6.10 Å². The maximum atomic E-state index is 9.86. The molecule has 0 fully saturated rings. The number of hydrogen-bond donors (Lipinski definition) is 1. The molecule has 2 rings (SSSR count). The standard InChI is InChI=1S/C16H19OP/c1-3-12-9-14(13-7-5-4-6-8-13)10-15(18)16(12)11(2)17/h4-11,17H,3,18H2,1-2H3. The van der Waals surface area contributed by atoms with Crippen LogP contribution in [-0.4, -0.2) is 5.11 Å². The van der Waals surface area contributed by atoms with Gasteiger partial charge in [0.2, 0.25) is 0 Å². The fourth-order valence-electron chi connectivity index (χ4n) is 2.34. The van der Waals surface area contributed by atoms with Crippen molar-refractivity contribution in [3.05, 3.63) is 53.6 Å². The second-order valence-electron chi connectivity index (χ2n) is 4.53. The van der Waals surface area contributed by atoms with Gasteiger partial charge in [-0.1, -0.05) is 43.3 Å². The lowest BCUT2D eigenvalue weighted by Gasteiger charge is -2.16. The number of aryl methyl sites for hydroxylation is 1. The molecule has 18 heavy (non-hydrogen) atoms. The lowest BCUT2D eigenvalue weighted by Crippen LogP contribution is -2.10. The van der Waals surface area contributed by atoms with E-state index in [1.165, 1.54) is 16.7 Å². The van der Waals surface area contributed by atoms with E-state index in [-0.39, 0.29) is 0 Å². The first-order valence-electron chi connectivity index (χ1n) is 6.29. The van der Waals surface area contributed by atoms with Crippen LogP contribution in [0.25, 0.3) is 11.1 Å². The molecule has 0 aliphatic rings. The Morgan fingerprint density at radius 2 is 1.78 bits per heavy atom. The molecular weight excluding hydrogens is 239 g/mol. The van der Waals surface area contributed by atoms with Crippen molar-refractivity contribution in [2.24, 2.45) is 0 Å². The zero-order valence-corrected chi connectivity index (χ0v) is 12.0. The molecule has 0 radical (unpaired) electrons. The van der Waals surface area contributed by atoms with Crippen LogP contribution < -0.4 is 5.30 Å². The third-order valence-corrected chi connectivity index (χ3v) is 3.68. The van der Waals surface area contributed by atoms with Crippen molar-refractivity contribution in [3.63, 3.8) is 0 Å². The van der Waals surface area contributed by atoms with Gasteiger partial charge in [-0.2, -0.15) is 0 Å². The van der Waals surface area contributed by atoms with Gasteiger partial charge in [0, 0.05) is 0 Å². The van der Waals surface area contributed by atoms with Crippen LogP contribution in [0, 0.1) is 0 Å². The average molecular weight is 258 g/mol. The Bertz CT molecular complexity index is 532. The predicted octanol–water partition coefficient (Wildman–Crippen LogP) is 3.47. The maximum absolute atomic E-state index is 9.86. The maximum Gasteiger partial charge on any atom is 0.0770 e. The Balaban J connectivity index is 2.56. The van der Waals surface area contributed by atoms with E-state index in [1.54, 1.807) is 0 Å². The lowest BCUT2D eigenvalue weighted by molar-refractivity contribution is 0.199. The summed E-state index contributed by atoms with van der Waals surface area (Å²) >= 11 is 0. The monoisotopic (exact) mass is 258 g/mol. The highest BCUT2D eigenvalue weighted by molar-refractivity contribution is 7.27. The highest BCUT2D eigenvalue weighted by atomic mass is 31.0. The van der Waals surface area contributed by atoms with E-state index in [0.717, 1.165) is 17.3 Å². The second-order valence-corrected chi connectivity index (χ2v) is 5.16. The lowest BCUT2D eigenvalue weighted by atomic mass is 9.95. The first kappa shape index (κ1) is 13.3. The molecule has 0 heterocycles. The summed E-state index contributed by atoms with van der Waals surface area (Å²) in [6, 6.07) is 14.7. The molecule has 1 nitrogen and oxygen atoms in total. The van der Waals surface area contributed by atoms with Crippen LogP contribution in [0.4, 0.5) is 0 Å². The van der Waals surface area contributed by atoms with Gasteiger partial charge >= 0.3 is 0 Å². The minimum atomic E-state index is -0.419. The molecule has 0 bridgehead atoms. The minimum absolute atomic E-state index is 0.419. The smallest absolute Gasteiger partial charge is 0.0770 e. The van der Waals surface area contributed by atoms with Crippen LogP contribution in [0.2, 0.25) is 0 Å². The highest BCUT2D eigenvalue weighted by Crippen LogP contribution is 2.26. The van der Waals surface area contributed by atoms with Crippen molar-refractivity contribution in [2.75, 3.05) is 0 Å². The third kappa shape index (κ3) is 2.63. The topological polar surface area (TPSA) is 20.2 Å². The molecule has 94 valence electrons. The van der Waals surface area contributed by atoms with Crippen LogP contribution in [0.5, 0.6) is 0 Å². The van der Waals surface area contributed by atoms with Gasteiger partial charge in [-0.25, -0.2) is 0 Å². The first-order valence-corrected chi connectivity index (χ1v) is 6.87. The van der Waals surface area contributed by atoms with Crippen molar-refractivity contribution in [1.29, 1.82) is 0 Å². The Morgan fingerprint density at radius 1 is 1.11 bits per heavy atom. The van der Waals surface area contributed by atoms with Gasteiger partial charge in [-0.15, -0.1) is 9.24 Å². The largest absolute Gasteiger partial charge is 0.389 e. The van der Waals surface area contributed by atoms with E-state index >= 15 is 0 Å². The number of aliphatic hydroxyl groups excluding tert-OH is 1. The van der Waals surface area contributed by atoms with Gasteiger partial charge in [-0.3, -0.25) is 0 Å². The predicted molar refractivity (Wildman–Crippen MR) is 81.2 cm³/mol. The summed E-state index contributed by atoms with van der Waals surface area (Å²) in [6.07, 6.45) is 0.514. The summed E-state index contributed by atoms with van der Waals surface area (Å²) in [5.74, 6) is 0. The zero-order valence-electron chi connectivity index (χ0n) is 10.9. The van der Waals surface area contributed by atoms with Gasteiger partial charge in [0.25, 0.3) is 0 Å². The molecule has 2 unspecified atom stereocenters. The molecule has 0 aliphatic heterocycles. The van der Waals surface area contributed by atoms with E-state index in [4.69, 9.17) is 0 Å². The summed E-state index contributed by atoms with van der Waals surface area (Å²) in [7, 11) is 2.74. The van der Waals surface area contributed by atoms with Gasteiger partial charge in [-0.05, 0) is 47.0 Å². The Labute approximate surface area is 111 Å². The quantitative estimate of drug-likeness (QED) is 0.836. The van der Waals surface area contributed by atoms with E-state index in [1.807, 2.05) is 25.1 Å². The van der Waals surface area contributed by atoms with E-state index in [9.17, 15) is 5.11 Å². The van der Waals surface area contributed by atoms with E-state index in [0.29, 0.717) is 0 Å². The van der Waals surface area contributed by atoms with Crippen molar-refractivity contribution < 1.29 is 5.11 Å². The number of benzene rings is 2. The molecule has 2 atom stereocenters. The van der Waals surface area contributed by atoms with Crippen LogP contribution in [0.3, 0.4) is 0 Å². The van der Waals surface area contributed by atoms with E-state index in [2.05, 4.69) is 40.4 Å². The SMILES string of the molecule is CCc1cc(-c2ccccc2)cc(P)c1C(C)O. The van der Waals surface area contributed by atoms with Gasteiger partial charge < -0.3 is 5.11 Å². The normalized spacial score (nSPS) is 12.4. The second kappa shape index (κ2) is 5.65. The Morgan fingerprint density at radius 3 is 2.33 bits per heavy atom. The first-order chi connectivity index (χ1) is 8.63. The molecule has 0 amide bonds. The minimum Gasteiger partial charge on any atom is -0.389 e. The summed E-state index contributed by atoms with van der Waals surface area (Å²) in [5, 5.41) is 11.0. The average Bonchev–Trinajstić information content (AvgIpc) is 2.38. The van der Waals surface area contributed by atoms with Crippen LogP contribution in [0.1, 0.15) is 31.1 Å². The van der Waals surface area contributed by atoms with Crippen LogP contribution in [-0.2, 0) is 6.42 Å². The zero-order chi connectivity index (χ0) is 13.1. The van der Waals surface area contributed by atoms with Gasteiger partial charge in [0.05, 0.1) is 6.10 Å². The molecule has 0 spiro atoms. The molecule has 0 saturated carbocycles. The van der Waals surface area contributed by atoms with Crippen molar-refractivity contribution >= 4 is 14.5 Å². The Kier molecular flexibility index (Phi) is 4.16. The van der Waals surface area contributed by atoms with Crippen LogP contribution in [0.15, 0.2) is 42.5 Å². The molecule has 2 aromatic carbocycles. The fourth-order valence-corrected chi connectivity index (χ4v) is 2.94. The number of hydrogen-bond acceptors (Lipinski definition) is 1. The van der Waals surface area contributed by atoms with Crippen molar-refractivity contribution in [3.8, 4) is 11.1 Å². The van der Waals surface area contributed by atoms with Crippen molar-refractivity contribution in [1.82, 2.24) is 0 Å². The molecule has 2 aromatic rings. The highest BCUT2D eigenvalue weighted by Gasteiger charge is 2.12. The molecule has 0 saturated heterocycles. The van der Waals surface area contributed by atoms with Gasteiger partial charge in [0.15, 0.2) is 0 Å². The summed E-state index contributed by atoms with van der Waals surface area (Å²) in [4.78, 5) is 0. The molecule has 0 aromatic heterocycles. The molecule has 2 heteroatoms. The molecule has 0 aliphatic carbocycles. The number of aliphatic hydroxyl groups is 1. The number of rotatable bonds is 3. The summed E-state index contributed by atoms with van der Waals surface area (Å²) in [6.45, 7) is 3.95. The summed E-state index contributed by atoms with van der Waals surface area (Å²) < 4.78 is 0. The van der Waals surface area contributed by atoms with Crippen LogP contribution >= 0.6 is 9.24 Å². The fraction of sp³-hybridized carbons (Fsp3) is 0.250.